The van der Waals surface area contributed by atoms with E-state index in [9.17, 15) is 4.79 Å². The molecule has 5 heteroatoms. The van der Waals surface area contributed by atoms with E-state index in [4.69, 9.17) is 0 Å². The first-order chi connectivity index (χ1) is 10.2. The zero-order chi connectivity index (χ0) is 14.7. The van der Waals surface area contributed by atoms with Crippen LogP contribution >= 0.6 is 0 Å². The van der Waals surface area contributed by atoms with Crippen LogP contribution in [0.3, 0.4) is 0 Å². The standard InChI is InChI=1S/C16H20N4O/c1-12(17-10-14-7-8-16(21)19-14)13-9-18-20(11-13)15-5-3-2-4-6-15/h2-6,9,11-12,14,17H,7-8,10H2,1H3,(H,19,21). The normalized spacial score (nSPS) is 19.5. The summed E-state index contributed by atoms with van der Waals surface area (Å²) in [6.45, 7) is 2.91. The van der Waals surface area contributed by atoms with Gasteiger partial charge in [-0.25, -0.2) is 4.68 Å². The van der Waals surface area contributed by atoms with Crippen LogP contribution in [0.15, 0.2) is 42.7 Å². The highest BCUT2D eigenvalue weighted by Gasteiger charge is 2.21. The molecular weight excluding hydrogens is 264 g/mol. The van der Waals surface area contributed by atoms with Crippen LogP contribution in [0.4, 0.5) is 0 Å². The summed E-state index contributed by atoms with van der Waals surface area (Å²) in [7, 11) is 0. The maximum Gasteiger partial charge on any atom is 0.220 e. The first-order valence-electron chi connectivity index (χ1n) is 7.35. The van der Waals surface area contributed by atoms with Crippen molar-refractivity contribution in [1.82, 2.24) is 20.4 Å². The quantitative estimate of drug-likeness (QED) is 0.880. The molecule has 2 aromatic rings. The lowest BCUT2D eigenvalue weighted by Crippen LogP contribution is -2.36. The maximum atomic E-state index is 11.2. The molecular formula is C16H20N4O. The number of rotatable bonds is 5. The van der Waals surface area contributed by atoms with E-state index < -0.39 is 0 Å². The van der Waals surface area contributed by atoms with Gasteiger partial charge in [0.15, 0.2) is 0 Å². The predicted molar refractivity (Wildman–Crippen MR) is 81.1 cm³/mol. The van der Waals surface area contributed by atoms with Crippen LogP contribution in [-0.2, 0) is 4.79 Å². The molecule has 0 aliphatic carbocycles. The molecule has 2 heterocycles. The van der Waals surface area contributed by atoms with Gasteiger partial charge in [0.2, 0.25) is 5.91 Å². The Hall–Kier alpha value is -2.14. The first kappa shape index (κ1) is 13.8. The molecule has 1 aromatic heterocycles. The van der Waals surface area contributed by atoms with Crippen molar-refractivity contribution in [2.45, 2.75) is 31.8 Å². The smallest absolute Gasteiger partial charge is 0.220 e. The van der Waals surface area contributed by atoms with Crippen molar-refractivity contribution in [3.05, 3.63) is 48.3 Å². The molecule has 2 N–H and O–H groups in total. The van der Waals surface area contributed by atoms with Crippen LogP contribution in [-0.4, -0.2) is 28.3 Å². The second kappa shape index (κ2) is 6.10. The van der Waals surface area contributed by atoms with E-state index in [1.54, 1.807) is 0 Å². The van der Waals surface area contributed by atoms with Crippen LogP contribution in [0.25, 0.3) is 5.69 Å². The molecule has 0 spiro atoms. The van der Waals surface area contributed by atoms with E-state index in [1.807, 2.05) is 47.4 Å². The van der Waals surface area contributed by atoms with E-state index in [0.717, 1.165) is 24.2 Å². The van der Waals surface area contributed by atoms with Crippen molar-refractivity contribution in [3.63, 3.8) is 0 Å². The van der Waals surface area contributed by atoms with Gasteiger partial charge < -0.3 is 10.6 Å². The van der Waals surface area contributed by atoms with E-state index >= 15 is 0 Å². The molecule has 21 heavy (non-hydrogen) atoms. The lowest BCUT2D eigenvalue weighted by Gasteiger charge is -2.16. The molecule has 2 unspecified atom stereocenters. The van der Waals surface area contributed by atoms with Crippen molar-refractivity contribution >= 4 is 5.91 Å². The minimum atomic E-state index is 0.159. The van der Waals surface area contributed by atoms with Crippen molar-refractivity contribution in [2.75, 3.05) is 6.54 Å². The second-order valence-corrected chi connectivity index (χ2v) is 5.49. The maximum absolute atomic E-state index is 11.2. The highest BCUT2D eigenvalue weighted by molar-refractivity contribution is 5.78. The van der Waals surface area contributed by atoms with Gasteiger partial charge in [0.25, 0.3) is 0 Å². The van der Waals surface area contributed by atoms with Crippen LogP contribution in [0.2, 0.25) is 0 Å². The summed E-state index contributed by atoms with van der Waals surface area (Å²) in [6.07, 6.45) is 5.49. The number of amides is 1. The summed E-state index contributed by atoms with van der Waals surface area (Å²) < 4.78 is 1.88. The van der Waals surface area contributed by atoms with Gasteiger partial charge >= 0.3 is 0 Å². The van der Waals surface area contributed by atoms with Gasteiger partial charge in [-0.05, 0) is 25.5 Å². The number of para-hydroxylation sites is 1. The third-order valence-corrected chi connectivity index (χ3v) is 3.88. The molecule has 3 rings (SSSR count). The van der Waals surface area contributed by atoms with Crippen LogP contribution < -0.4 is 10.6 Å². The summed E-state index contributed by atoms with van der Waals surface area (Å²) in [5, 5.41) is 10.8. The Morgan fingerprint density at radius 1 is 1.43 bits per heavy atom. The third kappa shape index (κ3) is 3.31. The molecule has 1 aliphatic heterocycles. The second-order valence-electron chi connectivity index (χ2n) is 5.49. The first-order valence-corrected chi connectivity index (χ1v) is 7.35. The van der Waals surface area contributed by atoms with Crippen molar-refractivity contribution in [3.8, 4) is 5.69 Å². The molecule has 1 fully saturated rings. The fourth-order valence-corrected chi connectivity index (χ4v) is 2.55. The third-order valence-electron chi connectivity index (χ3n) is 3.88. The number of hydrogen-bond acceptors (Lipinski definition) is 3. The van der Waals surface area contributed by atoms with Gasteiger partial charge in [0.1, 0.15) is 0 Å². The van der Waals surface area contributed by atoms with Crippen LogP contribution in [0.1, 0.15) is 31.4 Å². The minimum absolute atomic E-state index is 0.159. The van der Waals surface area contributed by atoms with E-state index in [1.165, 1.54) is 0 Å². The van der Waals surface area contributed by atoms with Crippen molar-refractivity contribution in [1.29, 1.82) is 0 Å². The molecule has 1 aliphatic rings. The number of carbonyl (C=O) groups is 1. The summed E-state index contributed by atoms with van der Waals surface area (Å²) in [6, 6.07) is 10.5. The number of aromatic nitrogens is 2. The fourth-order valence-electron chi connectivity index (χ4n) is 2.55. The molecule has 0 radical (unpaired) electrons. The number of carbonyl (C=O) groups excluding carboxylic acids is 1. The molecule has 1 amide bonds. The Morgan fingerprint density at radius 2 is 2.24 bits per heavy atom. The van der Waals surface area contributed by atoms with E-state index in [-0.39, 0.29) is 18.0 Å². The Kier molecular flexibility index (Phi) is 4.01. The van der Waals surface area contributed by atoms with E-state index in [0.29, 0.717) is 6.42 Å². The Morgan fingerprint density at radius 3 is 2.95 bits per heavy atom. The monoisotopic (exact) mass is 284 g/mol. The topological polar surface area (TPSA) is 59.0 Å². The molecule has 1 saturated heterocycles. The fraction of sp³-hybridized carbons (Fsp3) is 0.375. The summed E-state index contributed by atoms with van der Waals surface area (Å²) in [5.41, 5.74) is 2.20. The molecule has 0 bridgehead atoms. The molecule has 5 nitrogen and oxygen atoms in total. The summed E-state index contributed by atoms with van der Waals surface area (Å²) in [5.74, 6) is 0.159. The van der Waals surface area contributed by atoms with Crippen molar-refractivity contribution in [2.24, 2.45) is 0 Å². The summed E-state index contributed by atoms with van der Waals surface area (Å²) in [4.78, 5) is 11.2. The molecule has 110 valence electrons. The van der Waals surface area contributed by atoms with E-state index in [2.05, 4.69) is 22.7 Å². The number of nitrogens with zero attached hydrogens (tertiary/aromatic N) is 2. The zero-order valence-corrected chi connectivity index (χ0v) is 12.1. The Labute approximate surface area is 124 Å². The highest BCUT2D eigenvalue weighted by atomic mass is 16.1. The molecule has 1 aromatic carbocycles. The Bertz CT molecular complexity index is 608. The lowest BCUT2D eigenvalue weighted by atomic mass is 10.1. The largest absolute Gasteiger partial charge is 0.352 e. The molecule has 2 atom stereocenters. The van der Waals surface area contributed by atoms with Gasteiger partial charge in [0.05, 0.1) is 11.9 Å². The number of benzene rings is 1. The predicted octanol–water partition coefficient (Wildman–Crippen LogP) is 1.80. The van der Waals surface area contributed by atoms with Gasteiger partial charge in [-0.15, -0.1) is 0 Å². The lowest BCUT2D eigenvalue weighted by molar-refractivity contribution is -0.119. The SMILES string of the molecule is CC(NCC1CCC(=O)N1)c1cnn(-c2ccccc2)c1. The van der Waals surface area contributed by atoms with Gasteiger partial charge in [-0.1, -0.05) is 18.2 Å². The average molecular weight is 284 g/mol. The van der Waals surface area contributed by atoms with Crippen LogP contribution in [0.5, 0.6) is 0 Å². The zero-order valence-electron chi connectivity index (χ0n) is 12.1. The van der Waals surface area contributed by atoms with Gasteiger partial charge in [0, 0.05) is 36.8 Å². The van der Waals surface area contributed by atoms with Gasteiger partial charge in [-0.2, -0.15) is 5.10 Å². The number of hydrogen-bond donors (Lipinski definition) is 2. The Balaban J connectivity index is 1.59. The average Bonchev–Trinajstić information content (AvgIpc) is 3.15. The van der Waals surface area contributed by atoms with Gasteiger partial charge in [-0.3, -0.25) is 4.79 Å². The molecule has 0 saturated carbocycles. The minimum Gasteiger partial charge on any atom is -0.352 e. The summed E-state index contributed by atoms with van der Waals surface area (Å²) >= 11 is 0. The highest BCUT2D eigenvalue weighted by Crippen LogP contribution is 2.15. The number of nitrogens with one attached hydrogen (secondary N) is 2. The van der Waals surface area contributed by atoms with Crippen molar-refractivity contribution < 1.29 is 4.79 Å². The van der Waals surface area contributed by atoms with Crippen LogP contribution in [0, 0.1) is 0 Å².